The fourth-order valence-corrected chi connectivity index (χ4v) is 1.97. The van der Waals surface area contributed by atoms with Gasteiger partial charge in [0.25, 0.3) is 0 Å². The van der Waals surface area contributed by atoms with E-state index in [1.807, 2.05) is 0 Å². The topological polar surface area (TPSA) is 73.6 Å². The van der Waals surface area contributed by atoms with Crippen LogP contribution in [0.3, 0.4) is 0 Å². The van der Waals surface area contributed by atoms with Gasteiger partial charge in [0.05, 0.1) is 10.9 Å². The Morgan fingerprint density at radius 2 is 2.36 bits per heavy atom. The van der Waals surface area contributed by atoms with Crippen LogP contribution in [0.4, 0.5) is 5.88 Å². The number of carbonyl (C=O) groups is 1. The number of amides is 1. The summed E-state index contributed by atoms with van der Waals surface area (Å²) in [5, 5.41) is 6.53. The fourth-order valence-electron chi connectivity index (χ4n) is 1.87. The van der Waals surface area contributed by atoms with Gasteiger partial charge in [-0.15, -0.1) is 0 Å². The molecule has 2 rings (SSSR count). The van der Waals surface area contributed by atoms with Gasteiger partial charge in [0.1, 0.15) is 5.69 Å². The highest BCUT2D eigenvalue weighted by molar-refractivity contribution is 9.10. The van der Waals surface area contributed by atoms with Crippen LogP contribution in [-0.4, -0.2) is 34.9 Å². The van der Waals surface area contributed by atoms with Crippen molar-refractivity contribution >= 4 is 33.3 Å². The van der Waals surface area contributed by atoms with Crippen molar-refractivity contribution in [3.05, 3.63) is 18.3 Å². The zero-order valence-electron chi connectivity index (χ0n) is 12.9. The van der Waals surface area contributed by atoms with Crippen LogP contribution in [0, 0.1) is 0 Å². The van der Waals surface area contributed by atoms with Gasteiger partial charge in [0.15, 0.2) is 6.29 Å². The highest BCUT2D eigenvalue weighted by Gasteiger charge is 2.25. The third kappa shape index (κ3) is 4.93. The molecule has 22 heavy (non-hydrogen) atoms. The van der Waals surface area contributed by atoms with Crippen LogP contribution in [0.2, 0.25) is 0 Å². The monoisotopic (exact) mass is 372 g/mol. The molecule has 1 aliphatic rings. The van der Waals surface area contributed by atoms with Gasteiger partial charge in [-0.1, -0.05) is 27.7 Å². The number of anilines is 1. The molecule has 1 aromatic rings. The Morgan fingerprint density at radius 3 is 3.00 bits per heavy atom. The van der Waals surface area contributed by atoms with Crippen molar-refractivity contribution in [3.63, 3.8) is 0 Å². The molecule has 0 aromatic carbocycles. The van der Waals surface area contributed by atoms with E-state index in [-0.39, 0.29) is 18.1 Å². The first-order chi connectivity index (χ1) is 10.4. The molecule has 0 bridgehead atoms. The molecule has 0 aliphatic carbocycles. The zero-order valence-corrected chi connectivity index (χ0v) is 14.4. The lowest BCUT2D eigenvalue weighted by Gasteiger charge is -2.22. The molecule has 0 radical (unpaired) electrons. The Hall–Kier alpha value is -1.18. The molecular weight excluding hydrogens is 352 g/mol. The van der Waals surface area contributed by atoms with Crippen molar-refractivity contribution < 1.29 is 18.8 Å². The Kier molecular flexibility index (Phi) is 5.77. The molecule has 1 amide bonds. The summed E-state index contributed by atoms with van der Waals surface area (Å²) in [4.78, 5) is 11.8. The van der Waals surface area contributed by atoms with E-state index >= 15 is 0 Å². The second-order valence-corrected chi connectivity index (χ2v) is 7.70. The molecule has 1 unspecified atom stereocenters. The first-order valence-corrected chi connectivity index (χ1v) is 8.04. The Bertz CT molecular complexity index is 530. The minimum atomic E-state index is -0.682. The molecule has 2 heterocycles. The normalized spacial score (nSPS) is 19.0. The van der Waals surface area contributed by atoms with Crippen molar-refractivity contribution in [2.24, 2.45) is 0 Å². The van der Waals surface area contributed by atoms with Gasteiger partial charge in [0.2, 0.25) is 11.8 Å². The highest BCUT2D eigenvalue weighted by atomic mass is 79.9. The van der Waals surface area contributed by atoms with Crippen LogP contribution < -0.4 is 5.32 Å². The van der Waals surface area contributed by atoms with Crippen LogP contribution in [0.25, 0.3) is 5.57 Å². The molecule has 0 saturated carbocycles. The summed E-state index contributed by atoms with van der Waals surface area (Å²) >= 11 is 3.28. The summed E-state index contributed by atoms with van der Waals surface area (Å²) in [5.41, 5.74) is 1.23. The number of nitrogens with one attached hydrogen (secondary N) is 1. The molecule has 1 N–H and O–H groups in total. The average molecular weight is 373 g/mol. The van der Waals surface area contributed by atoms with Crippen LogP contribution in [0.15, 0.2) is 17.2 Å². The highest BCUT2D eigenvalue weighted by Crippen LogP contribution is 2.22. The molecular formula is C15H21BrN2O4. The minimum absolute atomic E-state index is 0.175. The number of nitrogens with zero attached hydrogens (tertiary/aromatic N) is 1. The SMILES string of the molecule is C=C(COC1CCCCO1)c1cc(NC(=O)C(C)(C)Br)on1. The van der Waals surface area contributed by atoms with Gasteiger partial charge in [-0.25, -0.2) is 0 Å². The summed E-state index contributed by atoms with van der Waals surface area (Å²) in [6, 6.07) is 1.63. The largest absolute Gasteiger partial charge is 0.353 e. The van der Waals surface area contributed by atoms with Crippen molar-refractivity contribution in [2.45, 2.75) is 43.7 Å². The molecule has 1 saturated heterocycles. The van der Waals surface area contributed by atoms with E-state index in [1.54, 1.807) is 19.9 Å². The number of alkyl halides is 1. The zero-order chi connectivity index (χ0) is 16.2. The summed E-state index contributed by atoms with van der Waals surface area (Å²) < 4.78 is 15.5. The molecule has 122 valence electrons. The Balaban J connectivity index is 1.84. The van der Waals surface area contributed by atoms with E-state index in [0.717, 1.165) is 25.9 Å². The van der Waals surface area contributed by atoms with Crippen LogP contribution in [0.1, 0.15) is 38.8 Å². The molecule has 7 heteroatoms. The van der Waals surface area contributed by atoms with Gasteiger partial charge < -0.3 is 14.0 Å². The van der Waals surface area contributed by atoms with Crippen molar-refractivity contribution in [2.75, 3.05) is 18.5 Å². The lowest BCUT2D eigenvalue weighted by molar-refractivity contribution is -0.154. The predicted molar refractivity (Wildman–Crippen MR) is 86.7 cm³/mol. The summed E-state index contributed by atoms with van der Waals surface area (Å²) in [7, 11) is 0. The maximum atomic E-state index is 11.8. The van der Waals surface area contributed by atoms with E-state index < -0.39 is 4.32 Å². The number of rotatable bonds is 6. The number of hydrogen-bond donors (Lipinski definition) is 1. The first kappa shape index (κ1) is 17.2. The smallest absolute Gasteiger partial charge is 0.243 e. The van der Waals surface area contributed by atoms with Gasteiger partial charge in [-0.3, -0.25) is 10.1 Å². The summed E-state index contributed by atoms with van der Waals surface area (Å²) in [6.45, 7) is 8.47. The minimum Gasteiger partial charge on any atom is -0.353 e. The average Bonchev–Trinajstić information content (AvgIpc) is 2.93. The standard InChI is InChI=1S/C15H21BrN2O4/c1-10(9-21-13-6-4-5-7-20-13)11-8-12(22-18-11)17-14(19)15(2,3)16/h8,13H,1,4-7,9H2,2-3H3,(H,17,19). The second kappa shape index (κ2) is 7.39. The molecule has 1 atom stereocenters. The molecule has 1 fully saturated rings. The maximum absolute atomic E-state index is 11.8. The number of aromatic nitrogens is 1. The van der Waals surface area contributed by atoms with Crippen LogP contribution in [0.5, 0.6) is 0 Å². The van der Waals surface area contributed by atoms with Gasteiger partial charge in [-0.05, 0) is 38.7 Å². The third-order valence-electron chi connectivity index (χ3n) is 3.23. The Labute approximate surface area is 138 Å². The van der Waals surface area contributed by atoms with Gasteiger partial charge in [0, 0.05) is 12.7 Å². The lowest BCUT2D eigenvalue weighted by Crippen LogP contribution is -2.30. The van der Waals surface area contributed by atoms with E-state index in [1.165, 1.54) is 0 Å². The van der Waals surface area contributed by atoms with Gasteiger partial charge in [-0.2, -0.15) is 0 Å². The van der Waals surface area contributed by atoms with Crippen LogP contribution >= 0.6 is 15.9 Å². The van der Waals surface area contributed by atoms with E-state index in [2.05, 4.69) is 33.0 Å². The van der Waals surface area contributed by atoms with Gasteiger partial charge >= 0.3 is 0 Å². The summed E-state index contributed by atoms with van der Waals surface area (Å²) in [5.74, 6) is 0.0651. The number of carbonyl (C=O) groups excluding carboxylic acids is 1. The van der Waals surface area contributed by atoms with Crippen LogP contribution in [-0.2, 0) is 14.3 Å². The number of halogens is 1. The van der Waals surface area contributed by atoms with Crippen molar-refractivity contribution in [1.82, 2.24) is 5.16 Å². The lowest BCUT2D eigenvalue weighted by atomic mass is 10.2. The van der Waals surface area contributed by atoms with E-state index in [9.17, 15) is 4.79 Å². The summed E-state index contributed by atoms with van der Waals surface area (Å²) in [6.07, 6.45) is 2.91. The third-order valence-corrected chi connectivity index (χ3v) is 3.59. The number of hydrogen-bond acceptors (Lipinski definition) is 5. The van der Waals surface area contributed by atoms with E-state index in [4.69, 9.17) is 14.0 Å². The molecule has 1 aliphatic heterocycles. The molecule has 0 spiro atoms. The number of ether oxygens (including phenoxy) is 2. The maximum Gasteiger partial charge on any atom is 0.243 e. The Morgan fingerprint density at radius 1 is 1.59 bits per heavy atom. The fraction of sp³-hybridized carbons (Fsp3) is 0.600. The quantitative estimate of drug-likeness (QED) is 0.775. The van der Waals surface area contributed by atoms with Crippen molar-refractivity contribution in [3.8, 4) is 0 Å². The second-order valence-electron chi connectivity index (χ2n) is 5.71. The molecule has 6 nitrogen and oxygen atoms in total. The first-order valence-electron chi connectivity index (χ1n) is 7.24. The van der Waals surface area contributed by atoms with E-state index in [0.29, 0.717) is 17.9 Å². The van der Waals surface area contributed by atoms with Crippen molar-refractivity contribution in [1.29, 1.82) is 0 Å². The molecule has 1 aromatic heterocycles. The predicted octanol–water partition coefficient (Wildman–Crippen LogP) is 3.34.